The van der Waals surface area contributed by atoms with Gasteiger partial charge in [0.15, 0.2) is 0 Å². The predicted molar refractivity (Wildman–Crippen MR) is 82.9 cm³/mol. The molecular weight excluding hydrogens is 246 g/mol. The maximum atomic E-state index is 6.31. The van der Waals surface area contributed by atoms with Crippen molar-refractivity contribution in [3.05, 3.63) is 65.9 Å². The van der Waals surface area contributed by atoms with Crippen LogP contribution in [-0.4, -0.2) is 9.78 Å². The van der Waals surface area contributed by atoms with E-state index in [1.807, 2.05) is 37.3 Å². The molecule has 0 aliphatic rings. The third-order valence-electron chi connectivity index (χ3n) is 3.44. The highest BCUT2D eigenvalue weighted by Crippen LogP contribution is 2.30. The second kappa shape index (κ2) is 4.85. The van der Waals surface area contributed by atoms with E-state index in [-0.39, 0.29) is 0 Å². The molecule has 1 aromatic heterocycles. The van der Waals surface area contributed by atoms with E-state index in [0.29, 0.717) is 5.82 Å². The number of rotatable bonds is 2. The summed E-state index contributed by atoms with van der Waals surface area (Å²) in [5.74, 6) is 0.678. The number of aromatic nitrogens is 2. The highest BCUT2D eigenvalue weighted by atomic mass is 15.3. The van der Waals surface area contributed by atoms with Crippen LogP contribution >= 0.6 is 0 Å². The minimum absolute atomic E-state index is 0.678. The van der Waals surface area contributed by atoms with Gasteiger partial charge in [0.2, 0.25) is 0 Å². The quantitative estimate of drug-likeness (QED) is 0.765. The number of benzene rings is 2. The summed E-state index contributed by atoms with van der Waals surface area (Å²) in [5.41, 5.74) is 11.6. The van der Waals surface area contributed by atoms with Gasteiger partial charge in [-0.25, -0.2) is 4.68 Å². The van der Waals surface area contributed by atoms with E-state index in [2.05, 4.69) is 36.3 Å². The Labute approximate surface area is 118 Å². The minimum atomic E-state index is 0.678. The monoisotopic (exact) mass is 263 g/mol. The molecule has 0 bridgehead atoms. The van der Waals surface area contributed by atoms with Crippen molar-refractivity contribution in [1.29, 1.82) is 0 Å². The van der Waals surface area contributed by atoms with Crippen LogP contribution in [0.1, 0.15) is 11.3 Å². The van der Waals surface area contributed by atoms with Gasteiger partial charge < -0.3 is 5.73 Å². The molecule has 0 saturated heterocycles. The van der Waals surface area contributed by atoms with Gasteiger partial charge in [-0.2, -0.15) is 5.10 Å². The zero-order valence-corrected chi connectivity index (χ0v) is 11.7. The lowest BCUT2D eigenvalue weighted by Gasteiger charge is -2.05. The molecule has 0 radical (unpaired) electrons. The van der Waals surface area contributed by atoms with Crippen LogP contribution in [0.4, 0.5) is 5.82 Å². The Morgan fingerprint density at radius 1 is 0.900 bits per heavy atom. The molecule has 2 aromatic carbocycles. The van der Waals surface area contributed by atoms with Gasteiger partial charge in [-0.1, -0.05) is 48.0 Å². The lowest BCUT2D eigenvalue weighted by Crippen LogP contribution is -2.02. The van der Waals surface area contributed by atoms with Crippen LogP contribution in [0.2, 0.25) is 0 Å². The van der Waals surface area contributed by atoms with Crippen LogP contribution in [0.25, 0.3) is 16.8 Å². The molecule has 0 fully saturated rings. The molecule has 1 heterocycles. The molecular formula is C17H17N3. The zero-order valence-electron chi connectivity index (χ0n) is 11.7. The number of hydrogen-bond acceptors (Lipinski definition) is 2. The second-order valence-corrected chi connectivity index (χ2v) is 4.96. The number of hydrogen-bond donors (Lipinski definition) is 1. The molecule has 3 heteroatoms. The normalized spacial score (nSPS) is 10.7. The number of nitrogens with two attached hydrogens (primary N) is 1. The van der Waals surface area contributed by atoms with Crippen molar-refractivity contribution < 1.29 is 0 Å². The van der Waals surface area contributed by atoms with Crippen LogP contribution in [0.5, 0.6) is 0 Å². The fourth-order valence-electron chi connectivity index (χ4n) is 2.39. The summed E-state index contributed by atoms with van der Waals surface area (Å²) >= 11 is 0. The molecule has 3 nitrogen and oxygen atoms in total. The molecule has 20 heavy (non-hydrogen) atoms. The minimum Gasteiger partial charge on any atom is -0.383 e. The second-order valence-electron chi connectivity index (χ2n) is 4.96. The fourth-order valence-corrected chi connectivity index (χ4v) is 2.39. The summed E-state index contributed by atoms with van der Waals surface area (Å²) in [4.78, 5) is 0. The van der Waals surface area contributed by atoms with Gasteiger partial charge in [0.25, 0.3) is 0 Å². The van der Waals surface area contributed by atoms with Crippen molar-refractivity contribution in [1.82, 2.24) is 9.78 Å². The zero-order chi connectivity index (χ0) is 14.1. The lowest BCUT2D eigenvalue weighted by molar-refractivity contribution is 0.871. The van der Waals surface area contributed by atoms with E-state index in [4.69, 9.17) is 5.73 Å². The Morgan fingerprint density at radius 2 is 1.55 bits per heavy atom. The third kappa shape index (κ3) is 2.07. The topological polar surface area (TPSA) is 43.8 Å². The van der Waals surface area contributed by atoms with E-state index in [9.17, 15) is 0 Å². The lowest BCUT2D eigenvalue weighted by atomic mass is 10.1. The molecule has 3 rings (SSSR count). The maximum absolute atomic E-state index is 6.31. The highest BCUT2D eigenvalue weighted by Gasteiger charge is 2.14. The van der Waals surface area contributed by atoms with Crippen molar-refractivity contribution in [3.63, 3.8) is 0 Å². The van der Waals surface area contributed by atoms with Crippen LogP contribution in [-0.2, 0) is 0 Å². The van der Waals surface area contributed by atoms with Crippen LogP contribution < -0.4 is 5.73 Å². The van der Waals surface area contributed by atoms with Crippen molar-refractivity contribution in [2.45, 2.75) is 13.8 Å². The summed E-state index contributed by atoms with van der Waals surface area (Å²) in [7, 11) is 0. The largest absolute Gasteiger partial charge is 0.383 e. The number of nitrogens with zero attached hydrogens (tertiary/aromatic N) is 2. The first kappa shape index (κ1) is 12.5. The molecule has 0 aliphatic heterocycles. The molecule has 0 saturated carbocycles. The van der Waals surface area contributed by atoms with Crippen LogP contribution in [0.15, 0.2) is 54.6 Å². The summed E-state index contributed by atoms with van der Waals surface area (Å²) in [6, 6.07) is 18.3. The average molecular weight is 263 g/mol. The third-order valence-corrected chi connectivity index (χ3v) is 3.44. The first-order valence-electron chi connectivity index (χ1n) is 6.64. The molecule has 2 N–H and O–H groups in total. The molecule has 0 atom stereocenters. The van der Waals surface area contributed by atoms with E-state index in [1.165, 1.54) is 5.56 Å². The number of nitrogen functional groups attached to an aromatic ring is 1. The number of aryl methyl sites for hydroxylation is 2. The van der Waals surface area contributed by atoms with E-state index in [0.717, 1.165) is 22.5 Å². The molecule has 0 amide bonds. The fraction of sp³-hybridized carbons (Fsp3) is 0.118. The number of anilines is 1. The van der Waals surface area contributed by atoms with Gasteiger partial charge >= 0.3 is 0 Å². The molecule has 0 spiro atoms. The van der Waals surface area contributed by atoms with Crippen molar-refractivity contribution in [2.75, 3.05) is 5.73 Å². The average Bonchev–Trinajstić information content (AvgIpc) is 2.76. The van der Waals surface area contributed by atoms with Gasteiger partial charge in [-0.05, 0) is 31.5 Å². The van der Waals surface area contributed by atoms with Crippen molar-refractivity contribution in [3.8, 4) is 16.8 Å². The van der Waals surface area contributed by atoms with Crippen LogP contribution in [0.3, 0.4) is 0 Å². The molecule has 3 aromatic rings. The van der Waals surface area contributed by atoms with Crippen LogP contribution in [0, 0.1) is 13.8 Å². The highest BCUT2D eigenvalue weighted by molar-refractivity contribution is 5.77. The molecule has 0 unspecified atom stereocenters. The van der Waals surface area contributed by atoms with E-state index < -0.39 is 0 Å². The van der Waals surface area contributed by atoms with Gasteiger partial charge in [-0.15, -0.1) is 0 Å². The standard InChI is InChI=1S/C17H17N3/c1-12-8-10-15(11-9-12)20-17(18)16(13(2)19-20)14-6-4-3-5-7-14/h3-11H,18H2,1-2H3. The SMILES string of the molecule is Cc1ccc(-n2nc(C)c(-c3ccccc3)c2N)cc1. The maximum Gasteiger partial charge on any atom is 0.135 e. The first-order valence-corrected chi connectivity index (χ1v) is 6.64. The Kier molecular flexibility index (Phi) is 3.03. The van der Waals surface area contributed by atoms with E-state index >= 15 is 0 Å². The first-order chi connectivity index (χ1) is 9.66. The van der Waals surface area contributed by atoms with Gasteiger partial charge in [0, 0.05) is 5.56 Å². The molecule has 0 aliphatic carbocycles. The summed E-state index contributed by atoms with van der Waals surface area (Å²) < 4.78 is 1.80. The smallest absolute Gasteiger partial charge is 0.135 e. The van der Waals surface area contributed by atoms with Crippen molar-refractivity contribution >= 4 is 5.82 Å². The Hall–Kier alpha value is -2.55. The Morgan fingerprint density at radius 3 is 2.20 bits per heavy atom. The Balaban J connectivity index is 2.14. The summed E-state index contributed by atoms with van der Waals surface area (Å²) in [6.45, 7) is 4.06. The van der Waals surface area contributed by atoms with Gasteiger partial charge in [-0.3, -0.25) is 0 Å². The molecule has 100 valence electrons. The van der Waals surface area contributed by atoms with E-state index in [1.54, 1.807) is 4.68 Å². The van der Waals surface area contributed by atoms with Gasteiger partial charge in [0.1, 0.15) is 5.82 Å². The predicted octanol–water partition coefficient (Wildman–Crippen LogP) is 3.74. The van der Waals surface area contributed by atoms with Gasteiger partial charge in [0.05, 0.1) is 11.4 Å². The van der Waals surface area contributed by atoms with Crippen molar-refractivity contribution in [2.24, 2.45) is 0 Å². The Bertz CT molecular complexity index is 725. The summed E-state index contributed by atoms with van der Waals surface area (Å²) in [5, 5.41) is 4.58. The summed E-state index contributed by atoms with van der Waals surface area (Å²) in [6.07, 6.45) is 0.